The highest BCUT2D eigenvalue weighted by Crippen LogP contribution is 2.27. The van der Waals surface area contributed by atoms with Crippen LogP contribution in [0.15, 0.2) is 178 Å². The molecule has 0 spiro atoms. The highest BCUT2D eigenvalue weighted by Gasteiger charge is 2.06. The second kappa shape index (κ2) is 19.6. The van der Waals surface area contributed by atoms with Crippen molar-refractivity contribution < 1.29 is 40.9 Å². The van der Waals surface area contributed by atoms with Crippen molar-refractivity contribution in [3.8, 4) is 23.0 Å². The normalized spacial score (nSPS) is 12.0. The molecule has 7 rings (SSSR count). The first kappa shape index (κ1) is 44.1. The van der Waals surface area contributed by atoms with Crippen molar-refractivity contribution >= 4 is 60.1 Å². The molecule has 0 amide bonds. The van der Waals surface area contributed by atoms with Gasteiger partial charge in [0.15, 0.2) is 0 Å². The Labute approximate surface area is 348 Å². The standard InChI is InChI=1S/C31H26N4O.2C7H8O4S/c1-22-2-18-30(19-3-22)36-31-20-16-29(17-21-31)35-28-14-12-27(13-15-28)34-26-10-8-25(9-11-26)33-24-6-4-23(32)5-7-24;1-5-4-6(8)2-3-7(5)12(9,10)11;1-5-2-3-6(4-7(5)8)12(9,10)11/h2-21,35H,32H2,1H3;2*2-4,8H,1H3,(H,9,10,11)/p-2. The molecule has 0 atom stereocenters. The Hall–Kier alpha value is -7.04. The van der Waals surface area contributed by atoms with Crippen LogP contribution in [0.3, 0.4) is 0 Å². The molecule has 308 valence electrons. The van der Waals surface area contributed by atoms with Crippen LogP contribution in [0.2, 0.25) is 0 Å². The summed E-state index contributed by atoms with van der Waals surface area (Å²) in [6, 6.07) is 38.4. The van der Waals surface area contributed by atoms with Crippen molar-refractivity contribution in [1.29, 1.82) is 0 Å². The highest BCUT2D eigenvalue weighted by molar-refractivity contribution is 7.86. The summed E-state index contributed by atoms with van der Waals surface area (Å²) in [6.45, 7) is 5.12. The molecule has 1 aliphatic rings. The molecule has 0 unspecified atom stereocenters. The molecule has 0 saturated heterocycles. The SMILES string of the molecule is Cc1cc(O)ccc1S(=O)(=O)[O-].Cc1ccc(Oc2ccc(Nc3ccc(N=C4C=CC(=Nc5ccc(N)cc5)C=C4)cc3)cc2)cc1.Cc1ccc(S(=O)(=O)[O-])cc1O. The van der Waals surface area contributed by atoms with Crippen LogP contribution in [0.25, 0.3) is 0 Å². The lowest BCUT2D eigenvalue weighted by Gasteiger charge is -2.09. The van der Waals surface area contributed by atoms with Gasteiger partial charge in [-0.2, -0.15) is 0 Å². The van der Waals surface area contributed by atoms with E-state index in [4.69, 9.17) is 25.7 Å². The number of hydrogen-bond acceptors (Lipinski definition) is 13. The van der Waals surface area contributed by atoms with E-state index in [0.29, 0.717) is 5.56 Å². The summed E-state index contributed by atoms with van der Waals surface area (Å²) in [7, 11) is -8.86. The molecule has 1 aliphatic carbocycles. The number of aliphatic imine (C=N–C) groups is 2. The van der Waals surface area contributed by atoms with Crippen molar-refractivity contribution in [3.63, 3.8) is 0 Å². The lowest BCUT2D eigenvalue weighted by molar-refractivity contribution is 0.454. The van der Waals surface area contributed by atoms with E-state index in [1.807, 2.05) is 121 Å². The van der Waals surface area contributed by atoms with E-state index in [2.05, 4.69) is 17.2 Å². The number of rotatable bonds is 8. The van der Waals surface area contributed by atoms with Crippen LogP contribution in [-0.2, 0) is 20.2 Å². The van der Waals surface area contributed by atoms with Gasteiger partial charge in [0.1, 0.15) is 43.2 Å². The maximum Gasteiger partial charge on any atom is 0.127 e. The Bertz CT molecular complexity index is 2770. The van der Waals surface area contributed by atoms with Gasteiger partial charge in [0.2, 0.25) is 0 Å². The zero-order valence-corrected chi connectivity index (χ0v) is 34.2. The van der Waals surface area contributed by atoms with Crippen molar-refractivity contribution in [2.24, 2.45) is 9.98 Å². The smallest absolute Gasteiger partial charge is 0.127 e. The Kier molecular flexibility index (Phi) is 14.4. The number of hydrogen-bond donors (Lipinski definition) is 4. The third-order valence-corrected chi connectivity index (χ3v) is 10.3. The van der Waals surface area contributed by atoms with E-state index in [1.165, 1.54) is 24.6 Å². The summed E-state index contributed by atoms with van der Waals surface area (Å²) in [6.07, 6.45) is 7.83. The third kappa shape index (κ3) is 13.5. The Morgan fingerprint density at radius 3 is 1.52 bits per heavy atom. The zero-order chi connectivity index (χ0) is 43.5. The van der Waals surface area contributed by atoms with E-state index >= 15 is 0 Å². The number of ether oxygens (including phenoxy) is 1. The number of nitrogens with two attached hydrogens (primary N) is 1. The molecular weight excluding hydrogens is 805 g/mol. The molecule has 6 aromatic carbocycles. The van der Waals surface area contributed by atoms with Gasteiger partial charge in [-0.1, -0.05) is 23.8 Å². The van der Waals surface area contributed by atoms with E-state index in [-0.39, 0.29) is 22.0 Å². The molecule has 15 heteroatoms. The average molecular weight is 845 g/mol. The number of nitrogen functional groups attached to an aromatic ring is 1. The predicted molar refractivity (Wildman–Crippen MR) is 232 cm³/mol. The summed E-state index contributed by atoms with van der Waals surface area (Å²) >= 11 is 0. The van der Waals surface area contributed by atoms with E-state index < -0.39 is 25.1 Å². The van der Waals surface area contributed by atoms with Crippen molar-refractivity contribution in [1.82, 2.24) is 0 Å². The summed E-state index contributed by atoms with van der Waals surface area (Å²) in [5, 5.41) is 21.4. The molecule has 0 aromatic heterocycles. The molecule has 5 N–H and O–H groups in total. The zero-order valence-electron chi connectivity index (χ0n) is 32.6. The van der Waals surface area contributed by atoms with E-state index in [0.717, 1.165) is 75.6 Å². The van der Waals surface area contributed by atoms with Gasteiger partial charge in [-0.3, -0.25) is 0 Å². The maximum absolute atomic E-state index is 10.5. The fraction of sp³-hybridized carbons (Fsp3) is 0.0667. The van der Waals surface area contributed by atoms with Crippen LogP contribution in [0.5, 0.6) is 23.0 Å². The molecule has 0 saturated carbocycles. The number of aryl methyl sites for hydroxylation is 3. The average Bonchev–Trinajstić information content (AvgIpc) is 3.19. The summed E-state index contributed by atoms with van der Waals surface area (Å²) < 4.78 is 68.8. The number of benzene rings is 6. The van der Waals surface area contributed by atoms with Gasteiger partial charge < -0.3 is 35.1 Å². The molecule has 0 fully saturated rings. The molecule has 60 heavy (non-hydrogen) atoms. The Morgan fingerprint density at radius 2 is 1.05 bits per heavy atom. The molecule has 6 aromatic rings. The van der Waals surface area contributed by atoms with Crippen LogP contribution in [0, 0.1) is 20.8 Å². The van der Waals surface area contributed by atoms with Crippen LogP contribution in [-0.4, -0.2) is 47.6 Å². The highest BCUT2D eigenvalue weighted by atomic mass is 32.2. The van der Waals surface area contributed by atoms with E-state index in [9.17, 15) is 25.9 Å². The molecule has 0 bridgehead atoms. The lowest BCUT2D eigenvalue weighted by atomic mass is 10.1. The largest absolute Gasteiger partial charge is 0.744 e. The minimum Gasteiger partial charge on any atom is -0.744 e. The predicted octanol–water partition coefficient (Wildman–Crippen LogP) is 9.29. The Morgan fingerprint density at radius 1 is 0.567 bits per heavy atom. The van der Waals surface area contributed by atoms with Crippen molar-refractivity contribution in [2.75, 3.05) is 11.1 Å². The number of allylic oxidation sites excluding steroid dienone is 4. The molecule has 13 nitrogen and oxygen atoms in total. The van der Waals surface area contributed by atoms with E-state index in [1.54, 1.807) is 6.92 Å². The molecule has 0 aliphatic heterocycles. The van der Waals surface area contributed by atoms with Crippen LogP contribution in [0.4, 0.5) is 28.4 Å². The number of phenolic OH excluding ortho intramolecular Hbond substituents is 2. The number of aromatic hydroxyl groups is 2. The number of phenols is 2. The fourth-order valence-corrected chi connectivity index (χ4v) is 6.42. The van der Waals surface area contributed by atoms with Gasteiger partial charge >= 0.3 is 0 Å². The van der Waals surface area contributed by atoms with Gasteiger partial charge in [-0.15, -0.1) is 0 Å². The number of nitrogens with zero attached hydrogens (tertiary/aromatic N) is 2. The van der Waals surface area contributed by atoms with Gasteiger partial charge in [-0.05, 0) is 171 Å². The van der Waals surface area contributed by atoms with Crippen molar-refractivity contribution in [3.05, 3.63) is 174 Å². The van der Waals surface area contributed by atoms with Crippen LogP contribution >= 0.6 is 0 Å². The minimum absolute atomic E-state index is 0.0556. The minimum atomic E-state index is -4.45. The summed E-state index contributed by atoms with van der Waals surface area (Å²) in [5.74, 6) is 1.38. The topological polar surface area (TPSA) is 227 Å². The van der Waals surface area contributed by atoms with Crippen LogP contribution in [0.1, 0.15) is 16.7 Å². The first-order valence-electron chi connectivity index (χ1n) is 18.0. The first-order chi connectivity index (χ1) is 28.4. The Balaban J connectivity index is 0.000000231. The number of nitrogens with one attached hydrogen (secondary N) is 1. The van der Waals surface area contributed by atoms with Crippen molar-refractivity contribution in [2.45, 2.75) is 30.6 Å². The number of anilines is 3. The second-order valence-electron chi connectivity index (χ2n) is 13.2. The van der Waals surface area contributed by atoms with Gasteiger partial charge in [-0.25, -0.2) is 26.8 Å². The fourth-order valence-electron chi connectivity index (χ4n) is 5.24. The lowest BCUT2D eigenvalue weighted by Crippen LogP contribution is -2.00. The second-order valence-corrected chi connectivity index (χ2v) is 16.0. The maximum atomic E-state index is 10.5. The quantitative estimate of drug-likeness (QED) is 0.0641. The van der Waals surface area contributed by atoms with Gasteiger partial charge in [0.25, 0.3) is 0 Å². The van der Waals surface area contributed by atoms with Crippen LogP contribution < -0.4 is 15.8 Å². The molecule has 0 radical (unpaired) electrons. The van der Waals surface area contributed by atoms with Gasteiger partial charge in [0.05, 0.1) is 32.6 Å². The summed E-state index contributed by atoms with van der Waals surface area (Å²) in [4.78, 5) is 8.60. The molecule has 0 heterocycles. The molecular formula is C45H40N4O9S2-2. The van der Waals surface area contributed by atoms with Gasteiger partial charge in [0, 0.05) is 17.1 Å². The monoisotopic (exact) mass is 844 g/mol. The first-order valence-corrected chi connectivity index (χ1v) is 20.8. The third-order valence-electron chi connectivity index (χ3n) is 8.42. The summed E-state index contributed by atoms with van der Waals surface area (Å²) in [5.41, 5.74) is 13.9.